The molecule has 0 aliphatic heterocycles. The summed E-state index contributed by atoms with van der Waals surface area (Å²) < 4.78 is 7.73. The van der Waals surface area contributed by atoms with Crippen LogP contribution in [0.3, 0.4) is 0 Å². The standard InChI is InChI=1S/C16H26N4OSi/c1-12-6-7-14(13(2)15(12)17)16-19-18-10-20(16)11-21-8-9-22(3,4)5/h6-7,10H,8-9,11,17H2,1-5H3. The second-order valence-corrected chi connectivity index (χ2v) is 12.6. The molecule has 0 amide bonds. The first kappa shape index (κ1) is 16.7. The van der Waals surface area contributed by atoms with Crippen molar-refractivity contribution in [3.8, 4) is 11.4 Å². The smallest absolute Gasteiger partial charge is 0.166 e. The van der Waals surface area contributed by atoms with Crippen molar-refractivity contribution in [1.29, 1.82) is 0 Å². The largest absolute Gasteiger partial charge is 0.398 e. The Labute approximate surface area is 133 Å². The molecule has 0 aliphatic carbocycles. The third kappa shape index (κ3) is 3.95. The normalized spacial score (nSPS) is 11.9. The number of benzene rings is 1. The van der Waals surface area contributed by atoms with E-state index in [1.54, 1.807) is 6.33 Å². The van der Waals surface area contributed by atoms with Crippen molar-refractivity contribution in [2.45, 2.75) is 46.3 Å². The van der Waals surface area contributed by atoms with Gasteiger partial charge in [-0.05, 0) is 31.0 Å². The number of nitrogens with two attached hydrogens (primary N) is 1. The molecule has 0 atom stereocenters. The summed E-state index contributed by atoms with van der Waals surface area (Å²) in [7, 11) is -1.06. The molecule has 22 heavy (non-hydrogen) atoms. The van der Waals surface area contributed by atoms with Crippen LogP contribution in [0, 0.1) is 13.8 Å². The molecule has 0 saturated heterocycles. The van der Waals surface area contributed by atoms with Gasteiger partial charge < -0.3 is 10.5 Å². The highest BCUT2D eigenvalue weighted by molar-refractivity contribution is 6.76. The second-order valence-electron chi connectivity index (χ2n) is 6.94. The van der Waals surface area contributed by atoms with E-state index in [9.17, 15) is 0 Å². The van der Waals surface area contributed by atoms with Crippen LogP contribution in [0.5, 0.6) is 0 Å². The molecule has 0 radical (unpaired) electrons. The van der Waals surface area contributed by atoms with Gasteiger partial charge in [0.25, 0.3) is 0 Å². The van der Waals surface area contributed by atoms with Gasteiger partial charge in [0.05, 0.1) is 0 Å². The van der Waals surface area contributed by atoms with Gasteiger partial charge in [-0.2, -0.15) is 0 Å². The van der Waals surface area contributed by atoms with Crippen LogP contribution < -0.4 is 5.73 Å². The van der Waals surface area contributed by atoms with E-state index >= 15 is 0 Å². The van der Waals surface area contributed by atoms with Crippen LogP contribution in [0.25, 0.3) is 11.4 Å². The minimum atomic E-state index is -1.06. The fraction of sp³-hybridized carbons (Fsp3) is 0.500. The highest BCUT2D eigenvalue weighted by atomic mass is 28.3. The third-order valence-electron chi connectivity index (χ3n) is 3.82. The Morgan fingerprint density at radius 3 is 2.64 bits per heavy atom. The van der Waals surface area contributed by atoms with Crippen molar-refractivity contribution in [2.75, 3.05) is 12.3 Å². The molecule has 1 heterocycles. The summed E-state index contributed by atoms with van der Waals surface area (Å²) in [6.07, 6.45) is 1.71. The predicted octanol–water partition coefficient (Wildman–Crippen LogP) is 3.46. The maximum absolute atomic E-state index is 6.12. The van der Waals surface area contributed by atoms with Gasteiger partial charge in [-0.3, -0.25) is 4.57 Å². The van der Waals surface area contributed by atoms with Gasteiger partial charge in [0.2, 0.25) is 0 Å². The maximum atomic E-state index is 6.12. The fourth-order valence-corrected chi connectivity index (χ4v) is 2.96. The van der Waals surface area contributed by atoms with Gasteiger partial charge >= 0.3 is 0 Å². The predicted molar refractivity (Wildman–Crippen MR) is 93.4 cm³/mol. The van der Waals surface area contributed by atoms with E-state index in [1.165, 1.54) is 0 Å². The Morgan fingerprint density at radius 1 is 1.23 bits per heavy atom. The van der Waals surface area contributed by atoms with E-state index in [-0.39, 0.29) is 0 Å². The highest BCUT2D eigenvalue weighted by Crippen LogP contribution is 2.27. The van der Waals surface area contributed by atoms with Gasteiger partial charge in [-0.15, -0.1) is 10.2 Å². The molecule has 0 bridgehead atoms. The molecule has 0 saturated carbocycles. The molecular formula is C16H26N4OSi. The molecule has 6 heteroatoms. The number of anilines is 1. The van der Waals surface area contributed by atoms with Gasteiger partial charge in [-0.25, -0.2) is 0 Å². The van der Waals surface area contributed by atoms with Gasteiger partial charge in [0.1, 0.15) is 13.1 Å². The minimum Gasteiger partial charge on any atom is -0.398 e. The van der Waals surface area contributed by atoms with E-state index in [1.807, 2.05) is 30.5 Å². The number of nitrogens with zero attached hydrogens (tertiary/aromatic N) is 3. The van der Waals surface area contributed by atoms with Crippen molar-refractivity contribution < 1.29 is 4.74 Å². The first-order valence-electron chi connectivity index (χ1n) is 7.61. The van der Waals surface area contributed by atoms with E-state index < -0.39 is 8.07 Å². The lowest BCUT2D eigenvalue weighted by atomic mass is 10.0. The average molecular weight is 318 g/mol. The minimum absolute atomic E-state index is 0.472. The van der Waals surface area contributed by atoms with Crippen LogP contribution in [-0.4, -0.2) is 29.4 Å². The van der Waals surface area contributed by atoms with Crippen LogP contribution in [0.2, 0.25) is 25.7 Å². The summed E-state index contributed by atoms with van der Waals surface area (Å²) >= 11 is 0. The average Bonchev–Trinajstić information content (AvgIpc) is 2.88. The van der Waals surface area contributed by atoms with E-state index in [4.69, 9.17) is 10.5 Å². The van der Waals surface area contributed by atoms with Crippen molar-refractivity contribution in [1.82, 2.24) is 14.8 Å². The van der Waals surface area contributed by atoms with Crippen molar-refractivity contribution in [2.24, 2.45) is 0 Å². The van der Waals surface area contributed by atoms with Crippen LogP contribution >= 0.6 is 0 Å². The number of nitrogen functional groups attached to an aromatic ring is 1. The maximum Gasteiger partial charge on any atom is 0.166 e. The van der Waals surface area contributed by atoms with Crippen LogP contribution in [0.1, 0.15) is 11.1 Å². The lowest BCUT2D eigenvalue weighted by Gasteiger charge is -2.16. The Morgan fingerprint density at radius 2 is 1.95 bits per heavy atom. The number of hydrogen-bond donors (Lipinski definition) is 1. The zero-order valence-corrected chi connectivity index (χ0v) is 15.2. The summed E-state index contributed by atoms with van der Waals surface area (Å²) in [6.45, 7) is 12.3. The zero-order valence-electron chi connectivity index (χ0n) is 14.2. The molecule has 0 fully saturated rings. The van der Waals surface area contributed by atoms with E-state index in [0.717, 1.165) is 40.9 Å². The molecule has 0 spiro atoms. The van der Waals surface area contributed by atoms with Gasteiger partial charge in [0.15, 0.2) is 5.82 Å². The Hall–Kier alpha value is -1.66. The summed E-state index contributed by atoms with van der Waals surface area (Å²) in [6, 6.07) is 5.22. The third-order valence-corrected chi connectivity index (χ3v) is 5.52. The van der Waals surface area contributed by atoms with Crippen molar-refractivity contribution in [3.63, 3.8) is 0 Å². The molecule has 0 aliphatic rings. The summed E-state index contributed by atoms with van der Waals surface area (Å²) in [5.41, 5.74) is 10.1. The SMILES string of the molecule is Cc1ccc(-c2nncn2COCC[Si](C)(C)C)c(C)c1N. The molecule has 2 rings (SSSR count). The Balaban J connectivity index is 2.12. The lowest BCUT2D eigenvalue weighted by Crippen LogP contribution is -2.22. The first-order chi connectivity index (χ1) is 10.3. The molecule has 1 aromatic carbocycles. The fourth-order valence-electron chi connectivity index (χ4n) is 2.21. The number of aromatic nitrogens is 3. The number of rotatable bonds is 6. The summed E-state index contributed by atoms with van der Waals surface area (Å²) in [5, 5.41) is 8.25. The molecular weight excluding hydrogens is 292 g/mol. The Kier molecular flexibility index (Phi) is 5.03. The Bertz CT molecular complexity index is 646. The second kappa shape index (κ2) is 6.62. The topological polar surface area (TPSA) is 66.0 Å². The number of hydrogen-bond acceptors (Lipinski definition) is 4. The summed E-state index contributed by atoms with van der Waals surface area (Å²) in [4.78, 5) is 0. The molecule has 5 nitrogen and oxygen atoms in total. The van der Waals surface area contributed by atoms with E-state index in [2.05, 4.69) is 29.8 Å². The number of aryl methyl sites for hydroxylation is 1. The monoisotopic (exact) mass is 318 g/mol. The first-order valence-corrected chi connectivity index (χ1v) is 11.3. The molecule has 1 aromatic heterocycles. The van der Waals surface area contributed by atoms with Crippen LogP contribution in [0.15, 0.2) is 18.5 Å². The van der Waals surface area contributed by atoms with Crippen molar-refractivity contribution >= 4 is 13.8 Å². The van der Waals surface area contributed by atoms with Crippen molar-refractivity contribution in [3.05, 3.63) is 29.6 Å². The van der Waals surface area contributed by atoms with Crippen LogP contribution in [-0.2, 0) is 11.5 Å². The van der Waals surface area contributed by atoms with Gasteiger partial charge in [0, 0.05) is 25.9 Å². The highest BCUT2D eigenvalue weighted by Gasteiger charge is 2.14. The molecule has 2 N–H and O–H groups in total. The van der Waals surface area contributed by atoms with Gasteiger partial charge in [-0.1, -0.05) is 31.8 Å². The zero-order chi connectivity index (χ0) is 16.3. The molecule has 120 valence electrons. The lowest BCUT2D eigenvalue weighted by molar-refractivity contribution is 0.0880. The van der Waals surface area contributed by atoms with Crippen LogP contribution in [0.4, 0.5) is 5.69 Å². The molecule has 0 unspecified atom stereocenters. The summed E-state index contributed by atoms with van der Waals surface area (Å²) in [5.74, 6) is 0.803. The molecule has 2 aromatic rings. The quantitative estimate of drug-likeness (QED) is 0.503. The van der Waals surface area contributed by atoms with E-state index in [0.29, 0.717) is 6.73 Å². The number of ether oxygens (including phenoxy) is 1.